The molecule has 1 saturated heterocycles. The number of nitrogens with one attached hydrogen (secondary N) is 2. The highest BCUT2D eigenvalue weighted by Crippen LogP contribution is 2.40. The van der Waals surface area contributed by atoms with E-state index in [0.717, 1.165) is 5.39 Å². The van der Waals surface area contributed by atoms with Crippen LogP contribution in [0.3, 0.4) is 0 Å². The van der Waals surface area contributed by atoms with Crippen molar-refractivity contribution in [2.24, 2.45) is 5.92 Å². The van der Waals surface area contributed by atoms with E-state index in [1.807, 2.05) is 24.3 Å². The first-order valence-electron chi connectivity index (χ1n) is 12.4. The fourth-order valence-corrected chi connectivity index (χ4v) is 5.07. The minimum absolute atomic E-state index is 0.0468. The SMILES string of the molecule is COc1cc2nc(-c3ccccc3-c3cc(F)ccc3O)nc(N[C@@H]3CNC[C@H]3C(C)(C)O)c2cc1OC. The lowest BCUT2D eigenvalue weighted by atomic mass is 9.87. The lowest BCUT2D eigenvalue weighted by Crippen LogP contribution is -2.42. The van der Waals surface area contributed by atoms with Gasteiger partial charge in [-0.05, 0) is 43.7 Å². The van der Waals surface area contributed by atoms with Crippen LogP contribution in [0, 0.1) is 11.7 Å². The highest BCUT2D eigenvalue weighted by Gasteiger charge is 2.38. The van der Waals surface area contributed by atoms with Crippen molar-refractivity contribution >= 4 is 16.7 Å². The van der Waals surface area contributed by atoms with Crippen molar-refractivity contribution in [3.05, 3.63) is 60.4 Å². The summed E-state index contributed by atoms with van der Waals surface area (Å²) in [5.74, 6) is 1.43. The molecule has 38 heavy (non-hydrogen) atoms. The summed E-state index contributed by atoms with van der Waals surface area (Å²) in [5.41, 5.74) is 1.26. The third-order valence-electron chi connectivity index (χ3n) is 7.06. The molecule has 0 radical (unpaired) electrons. The maximum absolute atomic E-state index is 14.1. The summed E-state index contributed by atoms with van der Waals surface area (Å²) in [4.78, 5) is 9.76. The highest BCUT2D eigenvalue weighted by atomic mass is 19.1. The van der Waals surface area contributed by atoms with Gasteiger partial charge in [-0.3, -0.25) is 0 Å². The summed E-state index contributed by atoms with van der Waals surface area (Å²) in [6.07, 6.45) is 0. The van der Waals surface area contributed by atoms with Crippen LogP contribution >= 0.6 is 0 Å². The maximum Gasteiger partial charge on any atom is 0.162 e. The smallest absolute Gasteiger partial charge is 0.162 e. The number of halogens is 1. The molecular weight excluding hydrogens is 487 g/mol. The second kappa shape index (κ2) is 10.1. The van der Waals surface area contributed by atoms with Gasteiger partial charge in [0.25, 0.3) is 0 Å². The van der Waals surface area contributed by atoms with E-state index in [0.29, 0.717) is 58.4 Å². The molecule has 3 aromatic carbocycles. The average molecular weight is 519 g/mol. The number of rotatable bonds is 7. The zero-order valence-electron chi connectivity index (χ0n) is 21.7. The Morgan fingerprint density at radius 3 is 2.37 bits per heavy atom. The number of phenolic OH excluding ortho intramolecular Hbond substituents is 1. The normalized spacial score (nSPS) is 17.5. The lowest BCUT2D eigenvalue weighted by Gasteiger charge is -2.31. The highest BCUT2D eigenvalue weighted by molar-refractivity contribution is 5.94. The Morgan fingerprint density at radius 1 is 0.947 bits per heavy atom. The lowest BCUT2D eigenvalue weighted by molar-refractivity contribution is 0.0219. The summed E-state index contributed by atoms with van der Waals surface area (Å²) in [7, 11) is 3.13. The van der Waals surface area contributed by atoms with Gasteiger partial charge in [0, 0.05) is 47.6 Å². The fraction of sp³-hybridized carbons (Fsp3) is 0.310. The van der Waals surface area contributed by atoms with Gasteiger partial charge < -0.3 is 30.3 Å². The van der Waals surface area contributed by atoms with Gasteiger partial charge in [0.15, 0.2) is 17.3 Å². The molecule has 0 aliphatic carbocycles. The third-order valence-corrected chi connectivity index (χ3v) is 7.06. The minimum atomic E-state index is -0.907. The van der Waals surface area contributed by atoms with Crippen molar-refractivity contribution in [2.75, 3.05) is 32.6 Å². The van der Waals surface area contributed by atoms with Crippen molar-refractivity contribution in [1.29, 1.82) is 0 Å². The first-order valence-corrected chi connectivity index (χ1v) is 12.4. The van der Waals surface area contributed by atoms with Crippen LogP contribution in [0.5, 0.6) is 17.2 Å². The number of anilines is 1. The molecule has 198 valence electrons. The number of aromatic nitrogens is 2. The van der Waals surface area contributed by atoms with E-state index < -0.39 is 11.4 Å². The van der Waals surface area contributed by atoms with Gasteiger partial charge in [-0.2, -0.15) is 0 Å². The van der Waals surface area contributed by atoms with E-state index in [-0.39, 0.29) is 17.7 Å². The van der Waals surface area contributed by atoms with Gasteiger partial charge in [0.05, 0.1) is 25.3 Å². The molecule has 0 spiro atoms. The van der Waals surface area contributed by atoms with Crippen molar-refractivity contribution in [2.45, 2.75) is 25.5 Å². The third kappa shape index (κ3) is 4.82. The molecule has 1 aromatic heterocycles. The number of benzene rings is 3. The Bertz CT molecular complexity index is 1490. The molecule has 4 aromatic rings. The van der Waals surface area contributed by atoms with E-state index in [2.05, 4.69) is 10.6 Å². The van der Waals surface area contributed by atoms with Crippen molar-refractivity contribution in [1.82, 2.24) is 15.3 Å². The van der Waals surface area contributed by atoms with Crippen LogP contribution in [-0.4, -0.2) is 59.1 Å². The van der Waals surface area contributed by atoms with Crippen LogP contribution < -0.4 is 20.1 Å². The first-order chi connectivity index (χ1) is 18.2. The van der Waals surface area contributed by atoms with Crippen LogP contribution in [0.1, 0.15) is 13.8 Å². The van der Waals surface area contributed by atoms with Gasteiger partial charge in [0.1, 0.15) is 17.4 Å². The standard InChI is InChI=1S/C29H31FN4O4/c1-29(2,36)21-14-31-15-23(21)33-28-20-12-25(37-3)26(38-4)13-22(20)32-27(34-28)18-8-6-5-7-17(18)19-11-16(30)9-10-24(19)35/h5-13,21,23,31,35-36H,14-15H2,1-4H3,(H,32,33,34)/t21-,23-/m1/s1. The number of nitrogens with zero attached hydrogens (tertiary/aromatic N) is 2. The Morgan fingerprint density at radius 2 is 1.66 bits per heavy atom. The molecule has 8 nitrogen and oxygen atoms in total. The molecule has 0 amide bonds. The number of hydrogen-bond acceptors (Lipinski definition) is 8. The largest absolute Gasteiger partial charge is 0.507 e. The molecule has 9 heteroatoms. The van der Waals surface area contributed by atoms with Gasteiger partial charge in [-0.25, -0.2) is 14.4 Å². The second-order valence-electron chi connectivity index (χ2n) is 10.00. The second-order valence-corrected chi connectivity index (χ2v) is 10.00. The van der Waals surface area contributed by atoms with Gasteiger partial charge in [-0.15, -0.1) is 0 Å². The molecule has 2 heterocycles. The summed E-state index contributed by atoms with van der Waals surface area (Å²) >= 11 is 0. The minimum Gasteiger partial charge on any atom is -0.507 e. The fourth-order valence-electron chi connectivity index (χ4n) is 5.07. The van der Waals surface area contributed by atoms with E-state index in [1.54, 1.807) is 40.2 Å². The van der Waals surface area contributed by atoms with Crippen LogP contribution in [0.4, 0.5) is 10.2 Å². The van der Waals surface area contributed by atoms with Gasteiger partial charge in [-0.1, -0.05) is 24.3 Å². The van der Waals surface area contributed by atoms with Gasteiger partial charge in [0.2, 0.25) is 0 Å². The quantitative estimate of drug-likeness (QED) is 0.281. The number of methoxy groups -OCH3 is 2. The Labute approximate surface area is 220 Å². The number of hydrogen-bond donors (Lipinski definition) is 4. The predicted molar refractivity (Wildman–Crippen MR) is 145 cm³/mol. The number of fused-ring (bicyclic) bond motifs is 1. The summed E-state index contributed by atoms with van der Waals surface area (Å²) in [5, 5.41) is 28.9. The first kappa shape index (κ1) is 25.7. The molecule has 1 aliphatic heterocycles. The van der Waals surface area contributed by atoms with Crippen LogP contribution in [0.2, 0.25) is 0 Å². The zero-order chi connectivity index (χ0) is 27.0. The van der Waals surface area contributed by atoms with Gasteiger partial charge >= 0.3 is 0 Å². The molecule has 1 aliphatic rings. The monoisotopic (exact) mass is 518 g/mol. The molecule has 5 rings (SSSR count). The Balaban J connectivity index is 1.71. The van der Waals surface area contributed by atoms with E-state index in [1.165, 1.54) is 18.2 Å². The molecule has 2 atom stereocenters. The Hall–Kier alpha value is -3.95. The number of aliphatic hydroxyl groups is 1. The molecule has 0 saturated carbocycles. The van der Waals surface area contributed by atoms with E-state index >= 15 is 0 Å². The summed E-state index contributed by atoms with van der Waals surface area (Å²) < 4.78 is 25.2. The zero-order valence-corrected chi connectivity index (χ0v) is 21.7. The molecular formula is C29H31FN4O4. The number of phenols is 1. The van der Waals surface area contributed by atoms with Crippen LogP contribution in [0.15, 0.2) is 54.6 Å². The van der Waals surface area contributed by atoms with Crippen molar-refractivity contribution < 1.29 is 24.1 Å². The predicted octanol–water partition coefficient (Wildman–Crippen LogP) is 4.60. The summed E-state index contributed by atoms with van der Waals surface area (Å²) in [6, 6.07) is 14.6. The van der Waals surface area contributed by atoms with Crippen LogP contribution in [0.25, 0.3) is 33.4 Å². The number of aromatic hydroxyl groups is 1. The van der Waals surface area contributed by atoms with E-state index in [9.17, 15) is 14.6 Å². The average Bonchev–Trinajstić information content (AvgIpc) is 3.38. The molecule has 4 N–H and O–H groups in total. The van der Waals surface area contributed by atoms with Crippen molar-refractivity contribution in [3.8, 4) is 39.8 Å². The molecule has 1 fully saturated rings. The summed E-state index contributed by atoms with van der Waals surface area (Å²) in [6.45, 7) is 4.92. The molecule has 0 unspecified atom stereocenters. The topological polar surface area (TPSA) is 109 Å². The molecule has 0 bridgehead atoms. The Kier molecular flexibility index (Phi) is 6.81. The maximum atomic E-state index is 14.1. The van der Waals surface area contributed by atoms with Crippen molar-refractivity contribution in [3.63, 3.8) is 0 Å². The van der Waals surface area contributed by atoms with E-state index in [4.69, 9.17) is 19.4 Å². The number of ether oxygens (including phenoxy) is 2. The van der Waals surface area contributed by atoms with Crippen LogP contribution in [-0.2, 0) is 0 Å².